The average molecular weight is 175 g/mol. The van der Waals surface area contributed by atoms with Crippen LogP contribution in [0.15, 0.2) is 18.3 Å². The van der Waals surface area contributed by atoms with E-state index in [-0.39, 0.29) is 5.78 Å². The Kier molecular flexibility index (Phi) is 1.62. The fourth-order valence-electron chi connectivity index (χ4n) is 1.25. The molecule has 0 radical (unpaired) electrons. The SMILES string of the molecule is CC(=O)c1ccc2cnc(C)nn12. The van der Waals surface area contributed by atoms with E-state index in [0.717, 1.165) is 5.52 Å². The summed E-state index contributed by atoms with van der Waals surface area (Å²) in [4.78, 5) is 15.2. The molecule has 2 rings (SSSR count). The van der Waals surface area contributed by atoms with Crippen LogP contribution in [0.4, 0.5) is 0 Å². The van der Waals surface area contributed by atoms with Crippen LogP contribution in [0.3, 0.4) is 0 Å². The van der Waals surface area contributed by atoms with Gasteiger partial charge in [-0.2, -0.15) is 5.10 Å². The van der Waals surface area contributed by atoms with Crippen LogP contribution < -0.4 is 0 Å². The lowest BCUT2D eigenvalue weighted by molar-refractivity contribution is 0.101. The summed E-state index contributed by atoms with van der Waals surface area (Å²) in [6, 6.07) is 3.59. The number of ketones is 1. The first kappa shape index (κ1) is 7.91. The molecule has 0 atom stereocenters. The van der Waals surface area contributed by atoms with Gasteiger partial charge in [0.1, 0.15) is 11.5 Å². The first-order valence-corrected chi connectivity index (χ1v) is 4.01. The molecular formula is C9H9N3O. The third kappa shape index (κ3) is 1.20. The van der Waals surface area contributed by atoms with Gasteiger partial charge in [0.05, 0.1) is 11.7 Å². The molecule has 0 saturated heterocycles. The molecule has 0 aliphatic carbocycles. The molecule has 0 N–H and O–H groups in total. The number of rotatable bonds is 1. The molecule has 4 heteroatoms. The van der Waals surface area contributed by atoms with Gasteiger partial charge in [0.2, 0.25) is 0 Å². The Morgan fingerprint density at radius 3 is 2.92 bits per heavy atom. The summed E-state index contributed by atoms with van der Waals surface area (Å²) in [7, 11) is 0. The summed E-state index contributed by atoms with van der Waals surface area (Å²) in [6.45, 7) is 3.32. The molecule has 2 heterocycles. The minimum Gasteiger partial charge on any atom is -0.293 e. The van der Waals surface area contributed by atoms with Crippen LogP contribution in [0.2, 0.25) is 0 Å². The second kappa shape index (κ2) is 2.65. The van der Waals surface area contributed by atoms with Crippen molar-refractivity contribution in [3.63, 3.8) is 0 Å². The predicted octanol–water partition coefficient (Wildman–Crippen LogP) is 1.24. The maximum atomic E-state index is 11.2. The summed E-state index contributed by atoms with van der Waals surface area (Å²) in [6.07, 6.45) is 1.70. The van der Waals surface area contributed by atoms with Crippen molar-refractivity contribution in [1.82, 2.24) is 14.6 Å². The Morgan fingerprint density at radius 2 is 2.23 bits per heavy atom. The lowest BCUT2D eigenvalue weighted by Gasteiger charge is -1.97. The number of hydrogen-bond donors (Lipinski definition) is 0. The third-order valence-corrected chi connectivity index (χ3v) is 1.87. The number of Topliss-reactive ketones (excluding diaryl/α,β-unsaturated/α-hetero) is 1. The number of hydrogen-bond acceptors (Lipinski definition) is 3. The fraction of sp³-hybridized carbons (Fsp3) is 0.222. The van der Waals surface area contributed by atoms with Gasteiger partial charge in [-0.15, -0.1) is 0 Å². The topological polar surface area (TPSA) is 47.3 Å². The van der Waals surface area contributed by atoms with E-state index in [1.165, 1.54) is 6.92 Å². The Balaban J connectivity index is 2.79. The number of aromatic nitrogens is 3. The summed E-state index contributed by atoms with van der Waals surface area (Å²) in [5.74, 6) is 0.671. The molecule has 0 amide bonds. The molecular weight excluding hydrogens is 166 g/mol. The van der Waals surface area contributed by atoms with Crippen molar-refractivity contribution >= 4 is 11.3 Å². The van der Waals surface area contributed by atoms with Gasteiger partial charge in [0, 0.05) is 6.92 Å². The maximum absolute atomic E-state index is 11.2. The van der Waals surface area contributed by atoms with Crippen LogP contribution in [0, 0.1) is 6.92 Å². The zero-order chi connectivity index (χ0) is 9.42. The van der Waals surface area contributed by atoms with Crippen LogP contribution >= 0.6 is 0 Å². The van der Waals surface area contributed by atoms with Crippen molar-refractivity contribution in [2.24, 2.45) is 0 Å². The number of aryl methyl sites for hydroxylation is 1. The first-order chi connectivity index (χ1) is 6.18. The third-order valence-electron chi connectivity index (χ3n) is 1.87. The molecule has 2 aromatic rings. The molecule has 0 saturated carbocycles. The molecule has 0 spiro atoms. The second-order valence-corrected chi connectivity index (χ2v) is 2.92. The molecule has 13 heavy (non-hydrogen) atoms. The van der Waals surface area contributed by atoms with E-state index in [1.54, 1.807) is 23.7 Å². The zero-order valence-corrected chi connectivity index (χ0v) is 7.48. The summed E-state index contributed by atoms with van der Waals surface area (Å²) >= 11 is 0. The Labute approximate surface area is 75.2 Å². The van der Waals surface area contributed by atoms with Crippen molar-refractivity contribution in [2.75, 3.05) is 0 Å². The van der Waals surface area contributed by atoms with Crippen molar-refractivity contribution < 1.29 is 4.79 Å². The van der Waals surface area contributed by atoms with E-state index in [2.05, 4.69) is 10.1 Å². The standard InChI is InChI=1S/C9H9N3O/c1-6(13)9-4-3-8-5-10-7(2)11-12(8)9/h3-5H,1-2H3. The minimum absolute atomic E-state index is 0.0121. The Hall–Kier alpha value is -1.71. The molecule has 0 aromatic carbocycles. The van der Waals surface area contributed by atoms with Crippen molar-refractivity contribution in [3.05, 3.63) is 29.8 Å². The van der Waals surface area contributed by atoms with Gasteiger partial charge < -0.3 is 0 Å². The van der Waals surface area contributed by atoms with Gasteiger partial charge in [0.25, 0.3) is 0 Å². The van der Waals surface area contributed by atoms with Crippen LogP contribution in [0.5, 0.6) is 0 Å². The molecule has 0 aliphatic heterocycles. The Bertz CT molecular complexity index is 473. The highest BCUT2D eigenvalue weighted by Gasteiger charge is 2.06. The van der Waals surface area contributed by atoms with Crippen molar-refractivity contribution in [2.45, 2.75) is 13.8 Å². The largest absolute Gasteiger partial charge is 0.293 e. The van der Waals surface area contributed by atoms with Crippen LogP contribution in [0.1, 0.15) is 23.2 Å². The van der Waals surface area contributed by atoms with Gasteiger partial charge in [-0.1, -0.05) is 0 Å². The van der Waals surface area contributed by atoms with Gasteiger partial charge in [-0.05, 0) is 19.1 Å². The van der Waals surface area contributed by atoms with Gasteiger partial charge in [-0.25, -0.2) is 9.50 Å². The monoisotopic (exact) mass is 175 g/mol. The maximum Gasteiger partial charge on any atom is 0.178 e. The van der Waals surface area contributed by atoms with Crippen LogP contribution in [0.25, 0.3) is 5.52 Å². The molecule has 2 aromatic heterocycles. The van der Waals surface area contributed by atoms with Gasteiger partial charge >= 0.3 is 0 Å². The van der Waals surface area contributed by atoms with Crippen molar-refractivity contribution in [1.29, 1.82) is 0 Å². The highest BCUT2D eigenvalue weighted by molar-refractivity contribution is 5.93. The van der Waals surface area contributed by atoms with E-state index in [9.17, 15) is 4.79 Å². The highest BCUT2D eigenvalue weighted by atomic mass is 16.1. The summed E-state index contributed by atoms with van der Waals surface area (Å²) in [5.41, 5.74) is 1.44. The normalized spacial score (nSPS) is 10.6. The number of carbonyl (C=O) groups is 1. The second-order valence-electron chi connectivity index (χ2n) is 2.92. The lowest BCUT2D eigenvalue weighted by Crippen LogP contribution is -2.04. The molecule has 0 fully saturated rings. The number of nitrogens with zero attached hydrogens (tertiary/aromatic N) is 3. The molecule has 0 unspecified atom stereocenters. The molecule has 4 nitrogen and oxygen atoms in total. The highest BCUT2D eigenvalue weighted by Crippen LogP contribution is 2.07. The van der Waals surface area contributed by atoms with E-state index in [0.29, 0.717) is 11.5 Å². The van der Waals surface area contributed by atoms with Gasteiger partial charge in [0.15, 0.2) is 5.78 Å². The predicted molar refractivity (Wildman–Crippen MR) is 47.7 cm³/mol. The summed E-state index contributed by atoms with van der Waals surface area (Å²) in [5, 5.41) is 4.14. The van der Waals surface area contributed by atoms with Crippen LogP contribution in [-0.4, -0.2) is 20.4 Å². The average Bonchev–Trinajstić information content (AvgIpc) is 2.46. The minimum atomic E-state index is 0.0121. The quantitative estimate of drug-likeness (QED) is 0.612. The van der Waals surface area contributed by atoms with E-state index in [4.69, 9.17) is 0 Å². The van der Waals surface area contributed by atoms with E-state index < -0.39 is 0 Å². The Morgan fingerprint density at radius 1 is 1.46 bits per heavy atom. The molecule has 66 valence electrons. The summed E-state index contributed by atoms with van der Waals surface area (Å²) < 4.78 is 1.62. The number of carbonyl (C=O) groups excluding carboxylic acids is 1. The lowest BCUT2D eigenvalue weighted by atomic mass is 10.3. The fourth-order valence-corrected chi connectivity index (χ4v) is 1.25. The first-order valence-electron chi connectivity index (χ1n) is 4.01. The van der Waals surface area contributed by atoms with E-state index >= 15 is 0 Å². The van der Waals surface area contributed by atoms with E-state index in [1.807, 2.05) is 6.07 Å². The smallest absolute Gasteiger partial charge is 0.178 e. The van der Waals surface area contributed by atoms with Crippen molar-refractivity contribution in [3.8, 4) is 0 Å². The number of fused-ring (bicyclic) bond motifs is 1. The zero-order valence-electron chi connectivity index (χ0n) is 7.48. The van der Waals surface area contributed by atoms with Crippen LogP contribution in [-0.2, 0) is 0 Å². The molecule has 0 bridgehead atoms. The molecule has 0 aliphatic rings. The van der Waals surface area contributed by atoms with Gasteiger partial charge in [-0.3, -0.25) is 4.79 Å².